The molecule has 0 radical (unpaired) electrons. The van der Waals surface area contributed by atoms with E-state index in [0.29, 0.717) is 19.7 Å². The molecule has 0 bridgehead atoms. The van der Waals surface area contributed by atoms with E-state index in [1.165, 1.54) is 4.90 Å². The molecule has 1 aliphatic rings. The summed E-state index contributed by atoms with van der Waals surface area (Å²) in [7, 11) is 0. The van der Waals surface area contributed by atoms with Crippen LogP contribution in [0.5, 0.6) is 0 Å². The maximum Gasteiger partial charge on any atom is 0.326 e. The largest absolute Gasteiger partial charge is 0.480 e. The van der Waals surface area contributed by atoms with Crippen LogP contribution in [0.25, 0.3) is 0 Å². The molecule has 0 aromatic carbocycles. The number of hydrogen-bond acceptors (Lipinski definition) is 4. The maximum atomic E-state index is 11.9. The highest BCUT2D eigenvalue weighted by Crippen LogP contribution is 2.06. The number of hydrogen-bond donors (Lipinski definition) is 3. The highest BCUT2D eigenvalue weighted by Gasteiger charge is 2.26. The van der Waals surface area contributed by atoms with E-state index in [1.54, 1.807) is 0 Å². The molecule has 0 aliphatic carbocycles. The molecule has 8 heteroatoms. The number of primary amides is 1. The van der Waals surface area contributed by atoms with Gasteiger partial charge in [-0.1, -0.05) is 0 Å². The second kappa shape index (κ2) is 6.93. The molecule has 1 saturated heterocycles. The average molecular weight is 273 g/mol. The van der Waals surface area contributed by atoms with E-state index in [-0.39, 0.29) is 18.9 Å². The molecule has 0 spiro atoms. The number of ether oxygens (including phenoxy) is 1. The van der Waals surface area contributed by atoms with Crippen LogP contribution in [0.1, 0.15) is 19.8 Å². The van der Waals surface area contributed by atoms with E-state index in [2.05, 4.69) is 5.32 Å². The molecule has 1 aliphatic heterocycles. The first-order chi connectivity index (χ1) is 8.90. The standard InChI is InChI=1S/C11H19N3O5/c1-7-6-14(4-5-19-7)11(18)13-8(10(16)17)2-3-9(12)15/h7-8H,2-6H2,1H3,(H2,12,15)(H,13,18)(H,16,17). The smallest absolute Gasteiger partial charge is 0.326 e. The normalized spacial score (nSPS) is 20.7. The van der Waals surface area contributed by atoms with Crippen LogP contribution in [0.2, 0.25) is 0 Å². The Labute approximate surface area is 110 Å². The number of nitrogens with two attached hydrogens (primary N) is 1. The maximum absolute atomic E-state index is 11.9. The molecule has 0 aromatic heterocycles. The zero-order valence-electron chi connectivity index (χ0n) is 10.8. The molecule has 1 rings (SSSR count). The predicted molar refractivity (Wildman–Crippen MR) is 65.4 cm³/mol. The van der Waals surface area contributed by atoms with Crippen molar-refractivity contribution in [2.75, 3.05) is 19.7 Å². The summed E-state index contributed by atoms with van der Waals surface area (Å²) in [5.74, 6) is -1.78. The van der Waals surface area contributed by atoms with Gasteiger partial charge in [-0.05, 0) is 13.3 Å². The SMILES string of the molecule is CC1CN(C(=O)NC(CCC(N)=O)C(=O)O)CCO1. The summed E-state index contributed by atoms with van der Waals surface area (Å²) in [6.07, 6.45) is -0.180. The number of carboxylic acids is 1. The van der Waals surface area contributed by atoms with Gasteiger partial charge in [-0.25, -0.2) is 9.59 Å². The Bertz CT molecular complexity index is 360. The minimum absolute atomic E-state index is 0.0176. The Balaban J connectivity index is 2.50. The summed E-state index contributed by atoms with van der Waals surface area (Å²) in [6, 6.07) is -1.58. The fourth-order valence-corrected chi connectivity index (χ4v) is 1.79. The van der Waals surface area contributed by atoms with Gasteiger partial charge in [-0.2, -0.15) is 0 Å². The van der Waals surface area contributed by atoms with Crippen LogP contribution in [0.15, 0.2) is 0 Å². The van der Waals surface area contributed by atoms with Gasteiger partial charge < -0.3 is 25.8 Å². The number of amides is 3. The number of carbonyl (C=O) groups excluding carboxylic acids is 2. The van der Waals surface area contributed by atoms with Gasteiger partial charge in [0, 0.05) is 19.5 Å². The molecule has 0 saturated carbocycles. The first-order valence-corrected chi connectivity index (χ1v) is 6.08. The lowest BCUT2D eigenvalue weighted by Gasteiger charge is -2.32. The summed E-state index contributed by atoms with van der Waals surface area (Å²) in [5, 5.41) is 11.4. The van der Waals surface area contributed by atoms with E-state index >= 15 is 0 Å². The Morgan fingerprint density at radius 3 is 2.74 bits per heavy atom. The Morgan fingerprint density at radius 2 is 2.21 bits per heavy atom. The minimum Gasteiger partial charge on any atom is -0.480 e. The molecule has 8 nitrogen and oxygen atoms in total. The van der Waals surface area contributed by atoms with Gasteiger partial charge in [0.15, 0.2) is 0 Å². The fourth-order valence-electron chi connectivity index (χ4n) is 1.79. The van der Waals surface area contributed by atoms with Gasteiger partial charge >= 0.3 is 12.0 Å². The van der Waals surface area contributed by atoms with Crippen molar-refractivity contribution in [1.29, 1.82) is 0 Å². The monoisotopic (exact) mass is 273 g/mol. The van der Waals surface area contributed by atoms with Crippen LogP contribution in [-0.4, -0.2) is 59.8 Å². The topological polar surface area (TPSA) is 122 Å². The Hall–Kier alpha value is -1.83. The molecule has 1 fully saturated rings. The fraction of sp³-hybridized carbons (Fsp3) is 0.727. The summed E-state index contributed by atoms with van der Waals surface area (Å²) < 4.78 is 5.29. The highest BCUT2D eigenvalue weighted by molar-refractivity contribution is 5.83. The average Bonchev–Trinajstić information content (AvgIpc) is 2.33. The number of urea groups is 1. The summed E-state index contributed by atoms with van der Waals surface area (Å²) >= 11 is 0. The molecule has 2 unspecified atom stereocenters. The van der Waals surface area contributed by atoms with Crippen LogP contribution in [0.4, 0.5) is 4.79 Å². The molecule has 108 valence electrons. The van der Waals surface area contributed by atoms with Gasteiger partial charge in [-0.15, -0.1) is 0 Å². The Kier molecular flexibility index (Phi) is 5.56. The minimum atomic E-state index is -1.18. The van der Waals surface area contributed by atoms with Crippen molar-refractivity contribution in [2.24, 2.45) is 5.73 Å². The van der Waals surface area contributed by atoms with Gasteiger partial charge in [0.25, 0.3) is 0 Å². The summed E-state index contributed by atoms with van der Waals surface area (Å²) in [4.78, 5) is 35.0. The van der Waals surface area contributed by atoms with E-state index in [4.69, 9.17) is 15.6 Å². The van der Waals surface area contributed by atoms with E-state index < -0.39 is 23.9 Å². The lowest BCUT2D eigenvalue weighted by Crippen LogP contribution is -2.53. The van der Waals surface area contributed by atoms with Crippen LogP contribution in [0.3, 0.4) is 0 Å². The molecule has 1 heterocycles. The van der Waals surface area contributed by atoms with Gasteiger partial charge in [-0.3, -0.25) is 4.79 Å². The zero-order valence-corrected chi connectivity index (χ0v) is 10.8. The zero-order chi connectivity index (χ0) is 14.4. The highest BCUT2D eigenvalue weighted by atomic mass is 16.5. The molecule has 0 aromatic rings. The van der Waals surface area contributed by atoms with E-state index in [9.17, 15) is 14.4 Å². The molecular weight excluding hydrogens is 254 g/mol. The number of aliphatic carboxylic acids is 1. The number of nitrogens with one attached hydrogen (secondary N) is 1. The van der Waals surface area contributed by atoms with Crippen LogP contribution < -0.4 is 11.1 Å². The van der Waals surface area contributed by atoms with Gasteiger partial charge in [0.1, 0.15) is 6.04 Å². The van der Waals surface area contributed by atoms with Crippen molar-refractivity contribution in [1.82, 2.24) is 10.2 Å². The number of rotatable bonds is 5. The molecule has 2 atom stereocenters. The van der Waals surface area contributed by atoms with Crippen molar-refractivity contribution < 1.29 is 24.2 Å². The molecule has 19 heavy (non-hydrogen) atoms. The van der Waals surface area contributed by atoms with Gasteiger partial charge in [0.2, 0.25) is 5.91 Å². The molecule has 4 N–H and O–H groups in total. The van der Waals surface area contributed by atoms with Crippen LogP contribution in [0, 0.1) is 0 Å². The summed E-state index contributed by atoms with van der Waals surface area (Å²) in [5.41, 5.74) is 4.96. The van der Waals surface area contributed by atoms with Crippen LogP contribution >= 0.6 is 0 Å². The number of nitrogens with zero attached hydrogens (tertiary/aromatic N) is 1. The summed E-state index contributed by atoms with van der Waals surface area (Å²) in [6.45, 7) is 3.08. The van der Waals surface area contributed by atoms with Gasteiger partial charge in [0.05, 0.1) is 12.7 Å². The Morgan fingerprint density at radius 1 is 1.53 bits per heavy atom. The number of carbonyl (C=O) groups is 3. The lowest BCUT2D eigenvalue weighted by molar-refractivity contribution is -0.139. The van der Waals surface area contributed by atoms with E-state index in [1.807, 2.05) is 6.92 Å². The first kappa shape index (κ1) is 15.2. The van der Waals surface area contributed by atoms with Crippen molar-refractivity contribution in [3.05, 3.63) is 0 Å². The lowest BCUT2D eigenvalue weighted by atomic mass is 10.1. The van der Waals surface area contributed by atoms with Crippen molar-refractivity contribution in [3.8, 4) is 0 Å². The molecular formula is C11H19N3O5. The van der Waals surface area contributed by atoms with Crippen LogP contribution in [-0.2, 0) is 14.3 Å². The second-order valence-corrected chi connectivity index (χ2v) is 4.47. The third-order valence-corrected chi connectivity index (χ3v) is 2.80. The van der Waals surface area contributed by atoms with Crippen molar-refractivity contribution in [3.63, 3.8) is 0 Å². The van der Waals surface area contributed by atoms with Crippen molar-refractivity contribution >= 4 is 17.9 Å². The molecule has 3 amide bonds. The van der Waals surface area contributed by atoms with Crippen molar-refractivity contribution in [2.45, 2.75) is 31.9 Å². The third-order valence-electron chi connectivity index (χ3n) is 2.80. The first-order valence-electron chi connectivity index (χ1n) is 6.08. The van der Waals surface area contributed by atoms with E-state index in [0.717, 1.165) is 0 Å². The predicted octanol–water partition coefficient (Wildman–Crippen LogP) is -0.865. The third kappa shape index (κ3) is 5.12. The second-order valence-electron chi connectivity index (χ2n) is 4.47. The number of carboxylic acid groups (broad SMARTS) is 1. The number of morpholine rings is 1. The quantitative estimate of drug-likeness (QED) is 0.601.